The Morgan fingerprint density at radius 3 is 1.23 bits per heavy atom. The second kappa shape index (κ2) is 12.9. The minimum absolute atomic E-state index is 0.00479. The van der Waals surface area contributed by atoms with E-state index < -0.39 is 0 Å². The molecule has 4 aliphatic heterocycles. The Morgan fingerprint density at radius 2 is 0.683 bits per heavy atom. The molecular formula is C54H35B2N3O. The van der Waals surface area contributed by atoms with E-state index in [1.807, 2.05) is 0 Å². The molecule has 278 valence electrons. The van der Waals surface area contributed by atoms with Gasteiger partial charge in [0.1, 0.15) is 11.5 Å². The standard InChI is InChI=1S/C54H35B2N3O/c1-4-18-36(19-5-1)57-45-28-14-10-24-41(45)55-42-25-11-15-29-46(42)58(37-20-6-2-7-21-37)53-39(32-34-48(57)51(53)55)40-33-35-50-52-54(40)59(38-22-8-3-9-23-38)47-30-16-12-26-43(47)56(52)44-27-13-17-31-49(44)60-50/h1-35H. The van der Waals surface area contributed by atoms with Crippen molar-refractivity contribution in [2.24, 2.45) is 0 Å². The summed E-state index contributed by atoms with van der Waals surface area (Å²) in [5, 5.41) is 0. The second-order valence-corrected chi connectivity index (χ2v) is 16.0. The Hall–Kier alpha value is -7.69. The smallest absolute Gasteiger partial charge is 0.256 e. The van der Waals surface area contributed by atoms with E-state index in [-0.39, 0.29) is 13.4 Å². The normalized spacial score (nSPS) is 13.6. The lowest BCUT2D eigenvalue weighted by Gasteiger charge is -2.45. The molecule has 0 radical (unpaired) electrons. The maximum Gasteiger partial charge on any atom is 0.256 e. The molecule has 4 heterocycles. The van der Waals surface area contributed by atoms with Gasteiger partial charge in [0.2, 0.25) is 0 Å². The number of nitrogens with zero attached hydrogens (tertiary/aromatic N) is 3. The van der Waals surface area contributed by atoms with Crippen molar-refractivity contribution in [2.75, 3.05) is 14.7 Å². The fourth-order valence-electron chi connectivity index (χ4n) is 10.6. The molecule has 0 unspecified atom stereocenters. The van der Waals surface area contributed by atoms with Gasteiger partial charge in [-0.15, -0.1) is 0 Å². The van der Waals surface area contributed by atoms with Crippen LogP contribution in [0.3, 0.4) is 0 Å². The fourth-order valence-corrected chi connectivity index (χ4v) is 10.6. The molecule has 9 aromatic carbocycles. The van der Waals surface area contributed by atoms with E-state index in [2.05, 4.69) is 227 Å². The highest BCUT2D eigenvalue weighted by atomic mass is 16.5. The highest BCUT2D eigenvalue weighted by Crippen LogP contribution is 2.52. The van der Waals surface area contributed by atoms with Crippen LogP contribution < -0.4 is 52.2 Å². The monoisotopic (exact) mass is 763 g/mol. The van der Waals surface area contributed by atoms with Crippen LogP contribution in [-0.2, 0) is 0 Å². The third-order valence-corrected chi connectivity index (χ3v) is 12.9. The molecule has 60 heavy (non-hydrogen) atoms. The topological polar surface area (TPSA) is 19.0 Å². The Morgan fingerprint density at radius 1 is 0.283 bits per heavy atom. The molecule has 0 spiro atoms. The van der Waals surface area contributed by atoms with Gasteiger partial charge in [-0.3, -0.25) is 0 Å². The van der Waals surface area contributed by atoms with E-state index in [0.717, 1.165) is 39.8 Å². The molecule has 0 aliphatic carbocycles. The van der Waals surface area contributed by atoms with Gasteiger partial charge >= 0.3 is 0 Å². The Balaban J connectivity index is 1.17. The number of rotatable bonds is 4. The van der Waals surface area contributed by atoms with Crippen LogP contribution in [0.5, 0.6) is 11.5 Å². The highest BCUT2D eigenvalue weighted by Gasteiger charge is 2.46. The molecule has 4 nitrogen and oxygen atoms in total. The lowest BCUT2D eigenvalue weighted by atomic mass is 9.33. The summed E-state index contributed by atoms with van der Waals surface area (Å²) < 4.78 is 6.88. The van der Waals surface area contributed by atoms with Crippen LogP contribution in [-0.4, -0.2) is 13.4 Å². The maximum absolute atomic E-state index is 6.88. The third-order valence-electron chi connectivity index (χ3n) is 12.9. The number of para-hydroxylation sites is 7. The summed E-state index contributed by atoms with van der Waals surface area (Å²) in [5.74, 6) is 1.81. The predicted octanol–water partition coefficient (Wildman–Crippen LogP) is 9.84. The van der Waals surface area contributed by atoms with E-state index in [1.54, 1.807) is 0 Å². The van der Waals surface area contributed by atoms with Gasteiger partial charge in [0.15, 0.2) is 0 Å². The number of hydrogen-bond acceptors (Lipinski definition) is 4. The maximum atomic E-state index is 6.88. The van der Waals surface area contributed by atoms with E-state index in [0.29, 0.717) is 0 Å². The van der Waals surface area contributed by atoms with Gasteiger partial charge in [0, 0.05) is 50.9 Å². The van der Waals surface area contributed by atoms with Crippen LogP contribution in [0.1, 0.15) is 0 Å². The van der Waals surface area contributed by atoms with Crippen LogP contribution >= 0.6 is 0 Å². The van der Waals surface area contributed by atoms with Gasteiger partial charge < -0.3 is 19.4 Å². The van der Waals surface area contributed by atoms with E-state index in [1.165, 1.54) is 66.8 Å². The molecule has 6 heteroatoms. The molecule has 0 saturated carbocycles. The van der Waals surface area contributed by atoms with Crippen molar-refractivity contribution in [3.63, 3.8) is 0 Å². The average Bonchev–Trinajstić information content (AvgIpc) is 3.32. The van der Waals surface area contributed by atoms with Crippen LogP contribution in [0.2, 0.25) is 0 Å². The summed E-state index contributed by atoms with van der Waals surface area (Å²) in [6, 6.07) is 77.4. The van der Waals surface area contributed by atoms with Gasteiger partial charge in [0.25, 0.3) is 13.4 Å². The Labute approximate surface area is 350 Å². The Bertz CT molecular complexity index is 3160. The summed E-state index contributed by atoms with van der Waals surface area (Å²) in [6.45, 7) is -0.00522. The molecule has 0 aromatic heterocycles. The molecule has 4 aliphatic rings. The van der Waals surface area contributed by atoms with E-state index in [9.17, 15) is 0 Å². The van der Waals surface area contributed by atoms with Crippen LogP contribution in [0.4, 0.5) is 51.2 Å². The fraction of sp³-hybridized carbons (Fsp3) is 0. The van der Waals surface area contributed by atoms with Crippen LogP contribution in [0.15, 0.2) is 212 Å². The first-order chi connectivity index (χ1) is 29.8. The minimum atomic E-state index is -0.0100. The molecule has 0 fully saturated rings. The summed E-state index contributed by atoms with van der Waals surface area (Å²) >= 11 is 0. The third kappa shape index (κ3) is 4.64. The van der Waals surface area contributed by atoms with Crippen molar-refractivity contribution in [3.8, 4) is 22.6 Å². The molecule has 0 atom stereocenters. The summed E-state index contributed by atoms with van der Waals surface area (Å²) in [6.07, 6.45) is 0. The zero-order chi connectivity index (χ0) is 39.3. The van der Waals surface area contributed by atoms with Crippen molar-refractivity contribution < 1.29 is 4.74 Å². The lowest BCUT2D eigenvalue weighted by Crippen LogP contribution is -2.61. The summed E-state index contributed by atoms with van der Waals surface area (Å²) in [7, 11) is 0. The number of hydrogen-bond donors (Lipinski definition) is 0. The van der Waals surface area contributed by atoms with Gasteiger partial charge in [0.05, 0.1) is 11.4 Å². The van der Waals surface area contributed by atoms with Crippen LogP contribution in [0.25, 0.3) is 11.1 Å². The van der Waals surface area contributed by atoms with Gasteiger partial charge in [-0.05, 0) is 112 Å². The Kier molecular flexibility index (Phi) is 7.16. The zero-order valence-corrected chi connectivity index (χ0v) is 32.6. The van der Waals surface area contributed by atoms with Crippen LogP contribution in [0, 0.1) is 0 Å². The first kappa shape index (κ1) is 33.3. The molecule has 0 bridgehead atoms. The first-order valence-electron chi connectivity index (χ1n) is 20.8. The minimum Gasteiger partial charge on any atom is -0.458 e. The molecule has 0 N–H and O–H groups in total. The molecule has 13 rings (SSSR count). The first-order valence-corrected chi connectivity index (χ1v) is 20.8. The SMILES string of the molecule is c1ccc(N2c3ccccc3B3c4ccccc4N(c4ccccc4)c4c(-c5ccc6c7c5N(c5ccccc5)c5ccccc5B7c5ccccc5O6)ccc2c43)cc1. The largest absolute Gasteiger partial charge is 0.458 e. The van der Waals surface area contributed by atoms with Crippen molar-refractivity contribution in [1.29, 1.82) is 0 Å². The molecule has 9 aromatic rings. The quantitative estimate of drug-likeness (QED) is 0.166. The second-order valence-electron chi connectivity index (χ2n) is 16.0. The van der Waals surface area contributed by atoms with Gasteiger partial charge in [-0.2, -0.15) is 0 Å². The summed E-state index contributed by atoms with van der Waals surface area (Å²) in [4.78, 5) is 7.47. The van der Waals surface area contributed by atoms with E-state index in [4.69, 9.17) is 4.74 Å². The van der Waals surface area contributed by atoms with Crippen molar-refractivity contribution >= 4 is 97.4 Å². The number of fused-ring (bicyclic) bond motifs is 8. The summed E-state index contributed by atoms with van der Waals surface area (Å²) in [5.41, 5.74) is 20.3. The highest BCUT2D eigenvalue weighted by molar-refractivity contribution is 7.01. The van der Waals surface area contributed by atoms with Crippen molar-refractivity contribution in [3.05, 3.63) is 212 Å². The van der Waals surface area contributed by atoms with Crippen molar-refractivity contribution in [2.45, 2.75) is 0 Å². The van der Waals surface area contributed by atoms with Gasteiger partial charge in [-0.1, -0.05) is 133 Å². The van der Waals surface area contributed by atoms with Crippen molar-refractivity contribution in [1.82, 2.24) is 0 Å². The number of ether oxygens (including phenoxy) is 1. The predicted molar refractivity (Wildman–Crippen MR) is 252 cm³/mol. The van der Waals surface area contributed by atoms with E-state index >= 15 is 0 Å². The number of benzene rings is 9. The average molecular weight is 764 g/mol. The molecular weight excluding hydrogens is 728 g/mol. The lowest BCUT2D eigenvalue weighted by molar-refractivity contribution is 0.487. The zero-order valence-electron chi connectivity index (χ0n) is 32.6. The molecule has 0 amide bonds. The number of anilines is 9. The molecule has 0 saturated heterocycles. The van der Waals surface area contributed by atoms with Gasteiger partial charge in [-0.25, -0.2) is 0 Å².